The number of carbonyl (C=O) groups excluding carboxylic acids is 1. The fourth-order valence-electron chi connectivity index (χ4n) is 2.06. The first-order valence-electron chi connectivity index (χ1n) is 7.04. The van der Waals surface area contributed by atoms with Crippen molar-refractivity contribution in [2.75, 3.05) is 24.8 Å². The Kier molecular flexibility index (Phi) is 5.81. The molecule has 0 saturated carbocycles. The molecule has 1 atom stereocenters. The summed E-state index contributed by atoms with van der Waals surface area (Å²) < 4.78 is 0. The molecule has 3 N–H and O–H groups in total. The summed E-state index contributed by atoms with van der Waals surface area (Å²) in [7, 11) is 1.62. The summed E-state index contributed by atoms with van der Waals surface area (Å²) in [5, 5.41) is 15.2. The van der Waals surface area contributed by atoms with E-state index in [0.717, 1.165) is 16.8 Å². The predicted octanol–water partition coefficient (Wildman–Crippen LogP) is 2.72. The normalized spacial score (nSPS) is 11.8. The number of hydrogen-bond donors (Lipinski definition) is 3. The second kappa shape index (κ2) is 7.82. The molecule has 1 amide bonds. The lowest BCUT2D eigenvalue weighted by atomic mass is 10.0. The molecule has 2 rings (SSSR count). The fraction of sp³-hybridized carbons (Fsp3) is 0.235. The molecule has 4 nitrogen and oxygen atoms in total. The van der Waals surface area contributed by atoms with E-state index in [2.05, 4.69) is 10.6 Å². The minimum atomic E-state index is -0.564. The highest BCUT2D eigenvalue weighted by Gasteiger charge is 2.05. The van der Waals surface area contributed by atoms with Crippen LogP contribution in [0, 0.1) is 0 Å². The predicted molar refractivity (Wildman–Crippen MR) is 90.5 cm³/mol. The minimum Gasteiger partial charge on any atom is -0.390 e. The van der Waals surface area contributed by atoms with Crippen molar-refractivity contribution in [2.45, 2.75) is 6.10 Å². The number of nitrogens with one attached hydrogen (secondary N) is 2. The number of aliphatic hydroxyl groups excluding tert-OH is 1. The van der Waals surface area contributed by atoms with Gasteiger partial charge in [-0.25, -0.2) is 0 Å². The van der Waals surface area contributed by atoms with Crippen LogP contribution in [0.2, 0.25) is 0 Å². The zero-order chi connectivity index (χ0) is 15.9. The molecule has 5 heteroatoms. The van der Waals surface area contributed by atoms with Crippen LogP contribution in [0.15, 0.2) is 48.5 Å². The summed E-state index contributed by atoms with van der Waals surface area (Å²) in [6, 6.07) is 15.3. The van der Waals surface area contributed by atoms with E-state index >= 15 is 0 Å². The highest BCUT2D eigenvalue weighted by atomic mass is 35.5. The number of carbonyl (C=O) groups is 1. The maximum Gasteiger partial charge on any atom is 0.251 e. The van der Waals surface area contributed by atoms with E-state index in [0.29, 0.717) is 12.1 Å². The van der Waals surface area contributed by atoms with Gasteiger partial charge in [-0.1, -0.05) is 24.3 Å². The molecule has 116 valence electrons. The molecule has 0 radical (unpaired) electrons. The van der Waals surface area contributed by atoms with E-state index in [1.807, 2.05) is 42.5 Å². The van der Waals surface area contributed by atoms with Gasteiger partial charge in [0.2, 0.25) is 0 Å². The van der Waals surface area contributed by atoms with Crippen molar-refractivity contribution in [3.8, 4) is 11.1 Å². The lowest BCUT2D eigenvalue weighted by Gasteiger charge is -2.11. The van der Waals surface area contributed by atoms with E-state index < -0.39 is 6.10 Å². The summed E-state index contributed by atoms with van der Waals surface area (Å²) in [5.41, 5.74) is 3.55. The van der Waals surface area contributed by atoms with E-state index in [1.54, 1.807) is 13.1 Å². The number of hydrogen-bond acceptors (Lipinski definition) is 3. The molecule has 0 heterocycles. The fourth-order valence-corrected chi connectivity index (χ4v) is 2.16. The van der Waals surface area contributed by atoms with Gasteiger partial charge < -0.3 is 15.7 Å². The van der Waals surface area contributed by atoms with Gasteiger partial charge in [0.25, 0.3) is 5.91 Å². The van der Waals surface area contributed by atoms with Gasteiger partial charge in [0.1, 0.15) is 0 Å². The quantitative estimate of drug-likeness (QED) is 0.718. The second-order valence-corrected chi connectivity index (χ2v) is 5.23. The van der Waals surface area contributed by atoms with Gasteiger partial charge in [-0.15, -0.1) is 11.6 Å². The van der Waals surface area contributed by atoms with Gasteiger partial charge in [-0.05, 0) is 35.4 Å². The van der Waals surface area contributed by atoms with Crippen LogP contribution in [-0.4, -0.2) is 36.6 Å². The standard InChI is InChI=1S/C17H19ClN2O2/c1-19-17(22)14-4-2-3-13(9-14)12-5-7-15(8-6-12)20-11-16(21)10-18/h2-9,16,20-21H,10-11H2,1H3,(H,19,22). The smallest absolute Gasteiger partial charge is 0.251 e. The molecule has 0 spiro atoms. The molecule has 0 saturated heterocycles. The Bertz CT molecular complexity index is 629. The van der Waals surface area contributed by atoms with Crippen LogP contribution in [0.5, 0.6) is 0 Å². The average molecular weight is 319 g/mol. The first kappa shape index (κ1) is 16.3. The Morgan fingerprint density at radius 3 is 2.55 bits per heavy atom. The summed E-state index contributed by atoms with van der Waals surface area (Å²) in [5.74, 6) is 0.104. The third kappa shape index (κ3) is 4.23. The Hall–Kier alpha value is -2.04. The first-order valence-corrected chi connectivity index (χ1v) is 7.58. The van der Waals surface area contributed by atoms with Gasteiger partial charge in [-0.2, -0.15) is 0 Å². The van der Waals surface area contributed by atoms with Gasteiger partial charge >= 0.3 is 0 Å². The molecule has 0 aliphatic carbocycles. The van der Waals surface area contributed by atoms with Gasteiger partial charge in [0.15, 0.2) is 0 Å². The summed E-state index contributed by atoms with van der Waals surface area (Å²) in [6.07, 6.45) is -0.564. The van der Waals surface area contributed by atoms with Crippen molar-refractivity contribution in [2.24, 2.45) is 0 Å². The van der Waals surface area contributed by atoms with E-state index in [9.17, 15) is 9.90 Å². The molecular formula is C17H19ClN2O2. The van der Waals surface area contributed by atoms with Gasteiger partial charge in [0.05, 0.1) is 12.0 Å². The highest BCUT2D eigenvalue weighted by Crippen LogP contribution is 2.22. The molecule has 0 aliphatic rings. The number of amides is 1. The van der Waals surface area contributed by atoms with Gasteiger partial charge in [0, 0.05) is 24.8 Å². The maximum atomic E-state index is 11.7. The Morgan fingerprint density at radius 1 is 1.18 bits per heavy atom. The molecule has 2 aromatic rings. The van der Waals surface area contributed by atoms with Gasteiger partial charge in [-0.3, -0.25) is 4.79 Å². The van der Waals surface area contributed by atoms with Crippen molar-refractivity contribution in [1.29, 1.82) is 0 Å². The third-order valence-corrected chi connectivity index (χ3v) is 3.65. The number of rotatable bonds is 6. The zero-order valence-electron chi connectivity index (χ0n) is 12.3. The molecule has 0 aliphatic heterocycles. The first-order chi connectivity index (χ1) is 10.6. The molecule has 22 heavy (non-hydrogen) atoms. The van der Waals surface area contributed by atoms with E-state index in [-0.39, 0.29) is 11.8 Å². The van der Waals surface area contributed by atoms with Crippen LogP contribution in [-0.2, 0) is 0 Å². The number of halogens is 1. The van der Waals surface area contributed by atoms with Crippen LogP contribution in [0.4, 0.5) is 5.69 Å². The van der Waals surface area contributed by atoms with E-state index in [1.165, 1.54) is 0 Å². The monoisotopic (exact) mass is 318 g/mol. The summed E-state index contributed by atoms with van der Waals surface area (Å²) in [4.78, 5) is 11.7. The van der Waals surface area contributed by atoms with Crippen molar-refractivity contribution in [3.05, 3.63) is 54.1 Å². The number of alkyl halides is 1. The third-order valence-electron chi connectivity index (χ3n) is 3.29. The number of aliphatic hydroxyl groups is 1. The van der Waals surface area contributed by atoms with Crippen LogP contribution < -0.4 is 10.6 Å². The lowest BCUT2D eigenvalue weighted by molar-refractivity contribution is 0.0963. The van der Waals surface area contributed by atoms with Crippen molar-refractivity contribution in [3.63, 3.8) is 0 Å². The second-order valence-electron chi connectivity index (χ2n) is 4.93. The summed E-state index contributed by atoms with van der Waals surface area (Å²) >= 11 is 5.55. The number of benzene rings is 2. The minimum absolute atomic E-state index is 0.102. The molecular weight excluding hydrogens is 300 g/mol. The molecule has 2 aromatic carbocycles. The number of anilines is 1. The summed E-state index contributed by atoms with van der Waals surface area (Å²) in [6.45, 7) is 0.412. The Morgan fingerprint density at radius 2 is 1.91 bits per heavy atom. The lowest BCUT2D eigenvalue weighted by Crippen LogP contribution is -2.20. The van der Waals surface area contributed by atoms with Crippen molar-refractivity contribution >= 4 is 23.2 Å². The van der Waals surface area contributed by atoms with E-state index in [4.69, 9.17) is 11.6 Å². The SMILES string of the molecule is CNC(=O)c1cccc(-c2ccc(NCC(O)CCl)cc2)c1. The zero-order valence-corrected chi connectivity index (χ0v) is 13.1. The topological polar surface area (TPSA) is 61.4 Å². The van der Waals surface area contributed by atoms with Crippen molar-refractivity contribution in [1.82, 2.24) is 5.32 Å². The molecule has 0 aromatic heterocycles. The Balaban J connectivity index is 2.11. The van der Waals surface area contributed by atoms with Crippen LogP contribution in [0.25, 0.3) is 11.1 Å². The van der Waals surface area contributed by atoms with Crippen LogP contribution in [0.3, 0.4) is 0 Å². The maximum absolute atomic E-state index is 11.7. The van der Waals surface area contributed by atoms with Crippen molar-refractivity contribution < 1.29 is 9.90 Å². The van der Waals surface area contributed by atoms with Crippen LogP contribution in [0.1, 0.15) is 10.4 Å². The highest BCUT2D eigenvalue weighted by molar-refractivity contribution is 6.18. The molecule has 0 fully saturated rings. The largest absolute Gasteiger partial charge is 0.390 e. The Labute approximate surface area is 135 Å². The van der Waals surface area contributed by atoms with Crippen LogP contribution >= 0.6 is 11.6 Å². The molecule has 1 unspecified atom stereocenters. The average Bonchev–Trinajstić information content (AvgIpc) is 2.59. The molecule has 0 bridgehead atoms.